The van der Waals surface area contributed by atoms with Crippen LogP contribution in [0.2, 0.25) is 0 Å². The summed E-state index contributed by atoms with van der Waals surface area (Å²) in [5, 5.41) is 17.8. The molecule has 0 spiro atoms. The quantitative estimate of drug-likeness (QED) is 0.798. The molecule has 0 radical (unpaired) electrons. The van der Waals surface area contributed by atoms with Crippen molar-refractivity contribution >= 4 is 11.9 Å². The Morgan fingerprint density at radius 2 is 1.65 bits per heavy atom. The minimum Gasteiger partial charge on any atom is -0.496 e. The van der Waals surface area contributed by atoms with Crippen molar-refractivity contribution in [1.29, 1.82) is 0 Å². The molecule has 0 saturated heterocycles. The van der Waals surface area contributed by atoms with Crippen molar-refractivity contribution in [3.05, 3.63) is 23.3 Å². The van der Waals surface area contributed by atoms with Crippen LogP contribution >= 0.6 is 0 Å². The lowest BCUT2D eigenvalue weighted by atomic mass is 10.0. The Bertz CT molecular complexity index is 452. The molecule has 0 heterocycles. The van der Waals surface area contributed by atoms with Gasteiger partial charge in [-0.05, 0) is 12.1 Å². The molecule has 0 aliphatic rings. The molecule has 6 nitrogen and oxygen atoms in total. The Kier molecular flexibility index (Phi) is 3.92. The van der Waals surface area contributed by atoms with E-state index in [-0.39, 0.29) is 22.6 Å². The minimum absolute atomic E-state index is 0.0897. The highest BCUT2D eigenvalue weighted by molar-refractivity contribution is 5.95. The van der Waals surface area contributed by atoms with Gasteiger partial charge in [-0.15, -0.1) is 0 Å². The molecular weight excluding hydrogens is 228 g/mol. The maximum atomic E-state index is 11.1. The molecule has 0 bridgehead atoms. The molecule has 1 aromatic rings. The van der Waals surface area contributed by atoms with E-state index >= 15 is 0 Å². The molecule has 1 rings (SSSR count). The van der Waals surface area contributed by atoms with Crippen LogP contribution < -0.4 is 9.47 Å². The van der Waals surface area contributed by atoms with E-state index in [1.807, 2.05) is 0 Å². The van der Waals surface area contributed by atoms with Crippen LogP contribution in [0.15, 0.2) is 12.1 Å². The third-order valence-electron chi connectivity index (χ3n) is 2.21. The average molecular weight is 240 g/mol. The predicted octanol–water partition coefficient (Wildman–Crippen LogP) is 1.03. The van der Waals surface area contributed by atoms with Gasteiger partial charge in [-0.1, -0.05) is 0 Å². The van der Waals surface area contributed by atoms with E-state index in [1.54, 1.807) is 0 Å². The highest BCUT2D eigenvalue weighted by atomic mass is 16.5. The van der Waals surface area contributed by atoms with E-state index in [0.29, 0.717) is 0 Å². The Balaban J connectivity index is 3.46. The fraction of sp³-hybridized carbons (Fsp3) is 0.273. The van der Waals surface area contributed by atoms with Crippen LogP contribution in [0.1, 0.15) is 15.9 Å². The van der Waals surface area contributed by atoms with Crippen molar-refractivity contribution in [3.63, 3.8) is 0 Å². The van der Waals surface area contributed by atoms with E-state index in [0.717, 1.165) is 0 Å². The summed E-state index contributed by atoms with van der Waals surface area (Å²) in [6.45, 7) is 0. The van der Waals surface area contributed by atoms with E-state index < -0.39 is 18.4 Å². The van der Waals surface area contributed by atoms with Gasteiger partial charge in [0.1, 0.15) is 17.1 Å². The SMILES string of the molecule is COc1ccc(OC)c(C(=O)O)c1CC(=O)O. The number of aromatic carboxylic acids is 1. The van der Waals surface area contributed by atoms with Crippen molar-refractivity contribution in [2.75, 3.05) is 14.2 Å². The monoisotopic (exact) mass is 240 g/mol. The van der Waals surface area contributed by atoms with Gasteiger partial charge in [-0.3, -0.25) is 4.79 Å². The molecule has 17 heavy (non-hydrogen) atoms. The summed E-state index contributed by atoms with van der Waals surface area (Å²) in [5.41, 5.74) is -0.0962. The predicted molar refractivity (Wildman–Crippen MR) is 57.8 cm³/mol. The Hall–Kier alpha value is -2.24. The van der Waals surface area contributed by atoms with Gasteiger partial charge in [0.15, 0.2) is 0 Å². The molecule has 0 saturated carbocycles. The molecule has 0 unspecified atom stereocenters. The summed E-state index contributed by atoms with van der Waals surface area (Å²) in [4.78, 5) is 21.8. The second kappa shape index (κ2) is 5.20. The van der Waals surface area contributed by atoms with Crippen molar-refractivity contribution in [1.82, 2.24) is 0 Å². The Labute approximate surface area is 97.4 Å². The van der Waals surface area contributed by atoms with Crippen molar-refractivity contribution in [2.24, 2.45) is 0 Å². The minimum atomic E-state index is -1.25. The highest BCUT2D eigenvalue weighted by Crippen LogP contribution is 2.30. The molecule has 6 heteroatoms. The molecule has 0 atom stereocenters. The van der Waals surface area contributed by atoms with Crippen LogP contribution in [-0.2, 0) is 11.2 Å². The number of carboxylic acid groups (broad SMARTS) is 2. The lowest BCUT2D eigenvalue weighted by Gasteiger charge is -2.13. The molecule has 1 aromatic carbocycles. The topological polar surface area (TPSA) is 93.1 Å². The zero-order chi connectivity index (χ0) is 13.0. The Morgan fingerprint density at radius 1 is 1.12 bits per heavy atom. The standard InChI is InChI=1S/C11H12O6/c1-16-7-3-4-8(17-2)10(11(14)15)6(7)5-9(12)13/h3-4H,5H2,1-2H3,(H,12,13)(H,14,15). The van der Waals surface area contributed by atoms with Crippen molar-refractivity contribution < 1.29 is 29.3 Å². The first-order valence-corrected chi connectivity index (χ1v) is 4.70. The van der Waals surface area contributed by atoms with Gasteiger partial charge in [0.05, 0.1) is 20.6 Å². The smallest absolute Gasteiger partial charge is 0.339 e. The van der Waals surface area contributed by atoms with E-state index in [9.17, 15) is 9.59 Å². The molecule has 0 aliphatic carbocycles. The van der Waals surface area contributed by atoms with E-state index in [2.05, 4.69) is 0 Å². The summed E-state index contributed by atoms with van der Waals surface area (Å²) in [5.74, 6) is -2.07. The summed E-state index contributed by atoms with van der Waals surface area (Å²) in [6, 6.07) is 2.90. The lowest BCUT2D eigenvalue weighted by Crippen LogP contribution is -2.11. The number of hydrogen-bond acceptors (Lipinski definition) is 4. The summed E-state index contributed by atoms with van der Waals surface area (Å²) < 4.78 is 9.85. The maximum absolute atomic E-state index is 11.1. The first-order chi connectivity index (χ1) is 8.01. The first kappa shape index (κ1) is 12.8. The maximum Gasteiger partial charge on any atom is 0.339 e. The zero-order valence-corrected chi connectivity index (χ0v) is 9.39. The first-order valence-electron chi connectivity index (χ1n) is 4.70. The molecule has 0 fully saturated rings. The van der Waals surface area contributed by atoms with Crippen molar-refractivity contribution in [2.45, 2.75) is 6.42 Å². The van der Waals surface area contributed by atoms with Crippen LogP contribution in [0.25, 0.3) is 0 Å². The van der Waals surface area contributed by atoms with Crippen LogP contribution in [0.5, 0.6) is 11.5 Å². The summed E-state index contributed by atoms with van der Waals surface area (Å²) in [6.07, 6.45) is -0.442. The van der Waals surface area contributed by atoms with Gasteiger partial charge >= 0.3 is 11.9 Å². The largest absolute Gasteiger partial charge is 0.496 e. The molecule has 2 N–H and O–H groups in total. The molecule has 0 amide bonds. The number of carbonyl (C=O) groups is 2. The van der Waals surface area contributed by atoms with E-state index in [1.165, 1.54) is 26.4 Å². The fourth-order valence-corrected chi connectivity index (χ4v) is 1.53. The normalized spacial score (nSPS) is 9.76. The van der Waals surface area contributed by atoms with Crippen LogP contribution in [0, 0.1) is 0 Å². The second-order valence-corrected chi connectivity index (χ2v) is 3.20. The third kappa shape index (κ3) is 2.66. The van der Waals surface area contributed by atoms with Gasteiger partial charge in [0.2, 0.25) is 0 Å². The number of carboxylic acids is 2. The Morgan fingerprint density at radius 3 is 2.06 bits per heavy atom. The summed E-state index contributed by atoms with van der Waals surface area (Å²) >= 11 is 0. The number of hydrogen-bond donors (Lipinski definition) is 2. The number of rotatable bonds is 5. The third-order valence-corrected chi connectivity index (χ3v) is 2.21. The van der Waals surface area contributed by atoms with E-state index in [4.69, 9.17) is 19.7 Å². The number of aliphatic carboxylic acids is 1. The number of ether oxygens (including phenoxy) is 2. The summed E-state index contributed by atoms with van der Waals surface area (Å²) in [7, 11) is 2.66. The highest BCUT2D eigenvalue weighted by Gasteiger charge is 2.22. The van der Waals surface area contributed by atoms with Gasteiger partial charge in [-0.2, -0.15) is 0 Å². The lowest BCUT2D eigenvalue weighted by molar-refractivity contribution is -0.136. The number of benzene rings is 1. The molecule has 0 aromatic heterocycles. The fourth-order valence-electron chi connectivity index (χ4n) is 1.53. The average Bonchev–Trinajstić information content (AvgIpc) is 2.27. The van der Waals surface area contributed by atoms with Gasteiger partial charge in [0, 0.05) is 5.56 Å². The second-order valence-electron chi connectivity index (χ2n) is 3.20. The van der Waals surface area contributed by atoms with Gasteiger partial charge < -0.3 is 19.7 Å². The zero-order valence-electron chi connectivity index (χ0n) is 9.39. The number of methoxy groups -OCH3 is 2. The van der Waals surface area contributed by atoms with Gasteiger partial charge in [0.25, 0.3) is 0 Å². The molecule has 92 valence electrons. The molecule has 0 aliphatic heterocycles. The van der Waals surface area contributed by atoms with Gasteiger partial charge in [-0.25, -0.2) is 4.79 Å². The van der Waals surface area contributed by atoms with Crippen LogP contribution in [-0.4, -0.2) is 36.4 Å². The van der Waals surface area contributed by atoms with Crippen LogP contribution in [0.4, 0.5) is 0 Å². The molecular formula is C11H12O6. The van der Waals surface area contributed by atoms with Crippen LogP contribution in [0.3, 0.4) is 0 Å². The van der Waals surface area contributed by atoms with Crippen molar-refractivity contribution in [3.8, 4) is 11.5 Å².